The number of sulfonamides is 1. The van der Waals surface area contributed by atoms with Gasteiger partial charge in [-0.05, 0) is 18.2 Å². The van der Waals surface area contributed by atoms with Crippen LogP contribution in [0, 0.1) is 17.5 Å². The zero-order chi connectivity index (χ0) is 15.8. The van der Waals surface area contributed by atoms with Crippen molar-refractivity contribution in [1.29, 1.82) is 0 Å². The van der Waals surface area contributed by atoms with Gasteiger partial charge in [-0.3, -0.25) is 4.72 Å². The molecular formula is C12H7BrF3NO3S. The summed E-state index contributed by atoms with van der Waals surface area (Å²) in [6.07, 6.45) is 0. The van der Waals surface area contributed by atoms with E-state index in [9.17, 15) is 26.7 Å². The number of phenolic OH excluding ortho intramolecular Hbond substituents is 1. The highest BCUT2D eigenvalue weighted by Crippen LogP contribution is 2.30. The van der Waals surface area contributed by atoms with Gasteiger partial charge in [-0.25, -0.2) is 21.6 Å². The Morgan fingerprint density at radius 1 is 1.05 bits per heavy atom. The average molecular weight is 382 g/mol. The number of nitrogens with one attached hydrogen (secondary N) is 1. The van der Waals surface area contributed by atoms with Gasteiger partial charge in [0.1, 0.15) is 23.2 Å². The molecule has 9 heteroatoms. The van der Waals surface area contributed by atoms with Gasteiger partial charge in [-0.2, -0.15) is 0 Å². The minimum Gasteiger partial charge on any atom is -0.506 e. The lowest BCUT2D eigenvalue weighted by Gasteiger charge is -2.11. The van der Waals surface area contributed by atoms with E-state index in [0.29, 0.717) is 4.47 Å². The zero-order valence-electron chi connectivity index (χ0n) is 10.1. The lowest BCUT2D eigenvalue weighted by Crippen LogP contribution is -2.17. The standard InChI is InChI=1S/C12H7BrF3NO3S/c13-6-1-2-11(18)10(3-6)17-21(19,20)12-8(15)4-7(14)5-9(12)16/h1-5,17-18H. The van der Waals surface area contributed by atoms with Gasteiger partial charge in [0.25, 0.3) is 10.0 Å². The Morgan fingerprint density at radius 3 is 2.19 bits per heavy atom. The molecule has 0 aliphatic heterocycles. The molecule has 0 heterocycles. The summed E-state index contributed by atoms with van der Waals surface area (Å²) in [6, 6.07) is 4.31. The normalized spacial score (nSPS) is 11.4. The smallest absolute Gasteiger partial charge is 0.267 e. The molecule has 0 radical (unpaired) electrons. The topological polar surface area (TPSA) is 66.4 Å². The Morgan fingerprint density at radius 2 is 1.62 bits per heavy atom. The van der Waals surface area contributed by atoms with Crippen LogP contribution in [0.3, 0.4) is 0 Å². The van der Waals surface area contributed by atoms with Crippen molar-refractivity contribution in [2.24, 2.45) is 0 Å². The van der Waals surface area contributed by atoms with Gasteiger partial charge >= 0.3 is 0 Å². The van der Waals surface area contributed by atoms with Crippen molar-refractivity contribution in [3.8, 4) is 5.75 Å². The van der Waals surface area contributed by atoms with Crippen LogP contribution in [-0.2, 0) is 10.0 Å². The second-order valence-corrected chi connectivity index (χ2v) is 6.50. The Balaban J connectivity index is 2.51. The highest BCUT2D eigenvalue weighted by atomic mass is 79.9. The first-order chi connectivity index (χ1) is 9.70. The van der Waals surface area contributed by atoms with Crippen LogP contribution in [-0.4, -0.2) is 13.5 Å². The van der Waals surface area contributed by atoms with Crippen LogP contribution < -0.4 is 4.72 Å². The summed E-state index contributed by atoms with van der Waals surface area (Å²) in [6.45, 7) is 0. The molecule has 2 aromatic rings. The molecule has 2 rings (SSSR count). The molecule has 0 atom stereocenters. The Hall–Kier alpha value is -1.74. The number of rotatable bonds is 3. The average Bonchev–Trinajstić information content (AvgIpc) is 2.31. The molecule has 0 amide bonds. The summed E-state index contributed by atoms with van der Waals surface area (Å²) < 4.78 is 66.1. The molecule has 0 spiro atoms. The molecule has 2 aromatic carbocycles. The van der Waals surface area contributed by atoms with Gasteiger partial charge < -0.3 is 5.11 Å². The highest BCUT2D eigenvalue weighted by Gasteiger charge is 2.26. The molecule has 112 valence electrons. The molecule has 21 heavy (non-hydrogen) atoms. The summed E-state index contributed by atoms with van der Waals surface area (Å²) in [5.74, 6) is -4.83. The fraction of sp³-hybridized carbons (Fsp3) is 0. The summed E-state index contributed by atoms with van der Waals surface area (Å²) in [5.41, 5.74) is -0.285. The Kier molecular flexibility index (Phi) is 4.15. The van der Waals surface area contributed by atoms with Gasteiger partial charge in [0.05, 0.1) is 5.69 Å². The maximum absolute atomic E-state index is 13.5. The monoisotopic (exact) mass is 381 g/mol. The van der Waals surface area contributed by atoms with Crippen LogP contribution in [0.5, 0.6) is 5.75 Å². The van der Waals surface area contributed by atoms with Gasteiger partial charge in [0, 0.05) is 16.6 Å². The first-order valence-corrected chi connectivity index (χ1v) is 7.64. The SMILES string of the molecule is O=S(=O)(Nc1cc(Br)ccc1O)c1c(F)cc(F)cc1F. The predicted octanol–water partition coefficient (Wildman–Crippen LogP) is 3.37. The van der Waals surface area contributed by atoms with Gasteiger partial charge in [0.2, 0.25) is 0 Å². The summed E-state index contributed by atoms with van der Waals surface area (Å²) in [4.78, 5) is -1.33. The number of benzene rings is 2. The number of hydrogen-bond donors (Lipinski definition) is 2. The van der Waals surface area contributed by atoms with Crippen molar-refractivity contribution in [2.45, 2.75) is 4.90 Å². The molecule has 0 aromatic heterocycles. The molecule has 0 aliphatic carbocycles. The minimum absolute atomic E-state index is 0.248. The van der Waals surface area contributed by atoms with E-state index in [1.165, 1.54) is 18.2 Å². The number of aromatic hydroxyl groups is 1. The lowest BCUT2D eigenvalue weighted by atomic mass is 10.3. The number of halogens is 4. The molecule has 0 fully saturated rings. The number of anilines is 1. The van der Waals surface area contributed by atoms with Gasteiger partial charge in [-0.15, -0.1) is 0 Å². The van der Waals surface area contributed by atoms with E-state index in [1.54, 1.807) is 0 Å². The third-order valence-electron chi connectivity index (χ3n) is 2.43. The second kappa shape index (κ2) is 5.57. The summed E-state index contributed by atoms with van der Waals surface area (Å²) in [5, 5.41) is 9.53. The van der Waals surface area contributed by atoms with Crippen LogP contribution in [0.4, 0.5) is 18.9 Å². The molecule has 0 bridgehead atoms. The first kappa shape index (κ1) is 15.6. The van der Waals surface area contributed by atoms with Crippen LogP contribution in [0.1, 0.15) is 0 Å². The Bertz CT molecular complexity index is 788. The predicted molar refractivity (Wildman–Crippen MR) is 72.9 cm³/mol. The molecule has 0 saturated carbocycles. The number of hydrogen-bond acceptors (Lipinski definition) is 3. The molecule has 0 saturated heterocycles. The van der Waals surface area contributed by atoms with Crippen LogP contribution >= 0.6 is 15.9 Å². The van der Waals surface area contributed by atoms with Crippen LogP contribution in [0.25, 0.3) is 0 Å². The maximum atomic E-state index is 13.5. The van der Waals surface area contributed by atoms with E-state index >= 15 is 0 Å². The zero-order valence-corrected chi connectivity index (χ0v) is 12.5. The second-order valence-electron chi connectivity index (χ2n) is 3.97. The highest BCUT2D eigenvalue weighted by molar-refractivity contribution is 9.10. The number of phenols is 1. The molecule has 4 nitrogen and oxygen atoms in total. The third kappa shape index (κ3) is 3.30. The molecule has 2 N–H and O–H groups in total. The maximum Gasteiger partial charge on any atom is 0.267 e. The Labute approximate surface area is 126 Å². The van der Waals surface area contributed by atoms with E-state index in [2.05, 4.69) is 15.9 Å². The van der Waals surface area contributed by atoms with E-state index in [-0.39, 0.29) is 17.8 Å². The van der Waals surface area contributed by atoms with E-state index in [4.69, 9.17) is 0 Å². The van der Waals surface area contributed by atoms with Gasteiger partial charge in [-0.1, -0.05) is 15.9 Å². The largest absolute Gasteiger partial charge is 0.506 e. The fourth-order valence-corrected chi connectivity index (χ4v) is 3.12. The van der Waals surface area contributed by atoms with E-state index in [1.807, 2.05) is 4.72 Å². The van der Waals surface area contributed by atoms with E-state index < -0.39 is 38.1 Å². The summed E-state index contributed by atoms with van der Waals surface area (Å²) >= 11 is 3.05. The van der Waals surface area contributed by atoms with Crippen LogP contribution in [0.2, 0.25) is 0 Å². The molecule has 0 unspecified atom stereocenters. The van der Waals surface area contributed by atoms with Crippen molar-refractivity contribution in [2.75, 3.05) is 4.72 Å². The quantitative estimate of drug-likeness (QED) is 0.801. The third-order valence-corrected chi connectivity index (χ3v) is 4.34. The van der Waals surface area contributed by atoms with Crippen molar-refractivity contribution in [3.63, 3.8) is 0 Å². The van der Waals surface area contributed by atoms with Crippen molar-refractivity contribution < 1.29 is 26.7 Å². The van der Waals surface area contributed by atoms with Crippen molar-refractivity contribution in [3.05, 3.63) is 52.3 Å². The first-order valence-electron chi connectivity index (χ1n) is 5.36. The minimum atomic E-state index is -4.68. The van der Waals surface area contributed by atoms with Crippen LogP contribution in [0.15, 0.2) is 39.7 Å². The van der Waals surface area contributed by atoms with E-state index in [0.717, 1.165) is 0 Å². The molecule has 0 aliphatic rings. The van der Waals surface area contributed by atoms with Gasteiger partial charge in [0.15, 0.2) is 4.90 Å². The fourth-order valence-electron chi connectivity index (χ4n) is 1.57. The van der Waals surface area contributed by atoms with Crippen molar-refractivity contribution >= 4 is 31.6 Å². The summed E-state index contributed by atoms with van der Waals surface area (Å²) in [7, 11) is -4.68. The molecular weight excluding hydrogens is 375 g/mol. The van der Waals surface area contributed by atoms with Crippen molar-refractivity contribution in [1.82, 2.24) is 0 Å². The lowest BCUT2D eigenvalue weighted by molar-refractivity contribution is 0.477.